The van der Waals surface area contributed by atoms with E-state index in [1.54, 1.807) is 0 Å². The van der Waals surface area contributed by atoms with E-state index in [0.717, 1.165) is 31.4 Å². The SMILES string of the molecule is C[C@@H](OC(=O)c1ccc([N+](=O)[O-])o1)C(=O)NCCC1=CCCCC1. The maximum Gasteiger partial charge on any atom is 0.433 e. The second-order valence-electron chi connectivity index (χ2n) is 5.59. The number of carbonyl (C=O) groups excluding carboxylic acids is 2. The van der Waals surface area contributed by atoms with Crippen LogP contribution in [-0.2, 0) is 9.53 Å². The molecule has 0 spiro atoms. The van der Waals surface area contributed by atoms with Crippen molar-refractivity contribution in [1.82, 2.24) is 5.32 Å². The van der Waals surface area contributed by atoms with Crippen molar-refractivity contribution in [2.24, 2.45) is 0 Å². The van der Waals surface area contributed by atoms with E-state index in [1.807, 2.05) is 0 Å². The third-order valence-corrected chi connectivity index (χ3v) is 3.76. The van der Waals surface area contributed by atoms with Gasteiger partial charge in [-0.25, -0.2) is 4.79 Å². The summed E-state index contributed by atoms with van der Waals surface area (Å²) in [5, 5.41) is 13.2. The quantitative estimate of drug-likeness (QED) is 0.355. The first-order chi connectivity index (χ1) is 11.5. The van der Waals surface area contributed by atoms with E-state index < -0.39 is 28.8 Å². The molecule has 8 heteroatoms. The number of hydrogen-bond acceptors (Lipinski definition) is 6. The van der Waals surface area contributed by atoms with Gasteiger partial charge in [-0.15, -0.1) is 0 Å². The van der Waals surface area contributed by atoms with Crippen LogP contribution in [0.1, 0.15) is 49.6 Å². The van der Waals surface area contributed by atoms with Gasteiger partial charge in [0.2, 0.25) is 5.76 Å². The van der Waals surface area contributed by atoms with Crippen LogP contribution in [0.2, 0.25) is 0 Å². The smallest absolute Gasteiger partial charge is 0.433 e. The molecule has 1 aliphatic rings. The van der Waals surface area contributed by atoms with E-state index in [2.05, 4.69) is 11.4 Å². The fraction of sp³-hybridized carbons (Fsp3) is 0.500. The summed E-state index contributed by atoms with van der Waals surface area (Å²) >= 11 is 0. The number of carbonyl (C=O) groups is 2. The second-order valence-corrected chi connectivity index (χ2v) is 5.59. The maximum absolute atomic E-state index is 11.9. The van der Waals surface area contributed by atoms with Gasteiger partial charge in [-0.2, -0.15) is 0 Å². The Hall–Kier alpha value is -2.64. The molecule has 1 aromatic heterocycles. The third-order valence-electron chi connectivity index (χ3n) is 3.76. The zero-order chi connectivity index (χ0) is 17.5. The fourth-order valence-electron chi connectivity index (χ4n) is 2.43. The maximum atomic E-state index is 11.9. The molecule has 0 radical (unpaired) electrons. The molecule has 0 saturated heterocycles. The van der Waals surface area contributed by atoms with Gasteiger partial charge in [-0.1, -0.05) is 11.6 Å². The lowest BCUT2D eigenvalue weighted by atomic mass is 9.97. The highest BCUT2D eigenvalue weighted by atomic mass is 16.7. The topological polar surface area (TPSA) is 112 Å². The predicted molar refractivity (Wildman–Crippen MR) is 84.4 cm³/mol. The van der Waals surface area contributed by atoms with Crippen molar-refractivity contribution in [2.45, 2.75) is 45.1 Å². The van der Waals surface area contributed by atoms with E-state index in [9.17, 15) is 19.7 Å². The van der Waals surface area contributed by atoms with Crippen molar-refractivity contribution >= 4 is 17.8 Å². The van der Waals surface area contributed by atoms with E-state index in [-0.39, 0.29) is 5.76 Å². The van der Waals surface area contributed by atoms with Crippen LogP contribution >= 0.6 is 0 Å². The van der Waals surface area contributed by atoms with Gasteiger partial charge in [0, 0.05) is 6.54 Å². The molecule has 1 N–H and O–H groups in total. The summed E-state index contributed by atoms with van der Waals surface area (Å²) in [5.41, 5.74) is 1.34. The zero-order valence-electron chi connectivity index (χ0n) is 13.4. The lowest BCUT2D eigenvalue weighted by molar-refractivity contribution is -0.402. The molecule has 0 saturated carbocycles. The molecule has 1 atom stereocenters. The average Bonchev–Trinajstić information content (AvgIpc) is 3.06. The minimum Gasteiger partial charge on any atom is -0.447 e. The highest BCUT2D eigenvalue weighted by molar-refractivity contribution is 5.90. The van der Waals surface area contributed by atoms with Gasteiger partial charge in [0.05, 0.1) is 6.07 Å². The molecule has 0 fully saturated rings. The number of rotatable bonds is 7. The van der Waals surface area contributed by atoms with Crippen LogP contribution in [0.15, 0.2) is 28.2 Å². The minimum atomic E-state index is -1.01. The lowest BCUT2D eigenvalue weighted by Gasteiger charge is -2.15. The van der Waals surface area contributed by atoms with Gasteiger partial charge in [0.1, 0.15) is 4.92 Å². The molecule has 1 aromatic rings. The van der Waals surface area contributed by atoms with Crippen molar-refractivity contribution in [3.8, 4) is 0 Å². The van der Waals surface area contributed by atoms with Crippen molar-refractivity contribution in [2.75, 3.05) is 6.54 Å². The highest BCUT2D eigenvalue weighted by Crippen LogP contribution is 2.19. The van der Waals surface area contributed by atoms with E-state index in [1.165, 1.54) is 25.3 Å². The van der Waals surface area contributed by atoms with Crippen LogP contribution in [0.3, 0.4) is 0 Å². The average molecular weight is 336 g/mol. The van der Waals surface area contributed by atoms with Gasteiger partial charge in [-0.3, -0.25) is 14.9 Å². The van der Waals surface area contributed by atoms with E-state index in [4.69, 9.17) is 9.15 Å². The van der Waals surface area contributed by atoms with Gasteiger partial charge in [0.25, 0.3) is 5.91 Å². The lowest BCUT2D eigenvalue weighted by Crippen LogP contribution is -2.36. The number of nitrogens with one attached hydrogen (secondary N) is 1. The second kappa shape index (κ2) is 8.28. The molecular weight excluding hydrogens is 316 g/mol. The van der Waals surface area contributed by atoms with E-state index in [0.29, 0.717) is 6.54 Å². The number of nitro groups is 1. The molecule has 8 nitrogen and oxygen atoms in total. The van der Waals surface area contributed by atoms with Crippen LogP contribution in [-0.4, -0.2) is 29.4 Å². The standard InChI is InChI=1S/C16H20N2O6/c1-11(15(19)17-10-9-12-5-3-2-4-6-12)23-16(20)13-7-8-14(24-13)18(21)22/h5,7-8,11H,2-4,6,9-10H2,1H3,(H,17,19)/t11-/m1/s1. The van der Waals surface area contributed by atoms with Gasteiger partial charge in [0.15, 0.2) is 6.10 Å². The van der Waals surface area contributed by atoms with Crippen LogP contribution < -0.4 is 5.32 Å². The Kier molecular flexibility index (Phi) is 6.11. The number of nitrogens with zero attached hydrogens (tertiary/aromatic N) is 1. The van der Waals surface area contributed by atoms with Crippen LogP contribution in [0.4, 0.5) is 5.88 Å². The number of esters is 1. The molecular formula is C16H20N2O6. The Balaban J connectivity index is 1.76. The summed E-state index contributed by atoms with van der Waals surface area (Å²) in [6, 6.07) is 2.19. The zero-order valence-corrected chi connectivity index (χ0v) is 13.4. The van der Waals surface area contributed by atoms with Crippen molar-refractivity contribution in [3.63, 3.8) is 0 Å². The number of amides is 1. The van der Waals surface area contributed by atoms with Gasteiger partial charge in [-0.05, 0) is 45.1 Å². The molecule has 1 aliphatic carbocycles. The molecule has 0 unspecified atom stereocenters. The first-order valence-corrected chi connectivity index (χ1v) is 7.88. The number of ether oxygens (including phenoxy) is 1. The summed E-state index contributed by atoms with van der Waals surface area (Å²) in [4.78, 5) is 33.5. The first-order valence-electron chi connectivity index (χ1n) is 7.88. The molecule has 0 aromatic carbocycles. The molecule has 0 bridgehead atoms. The summed E-state index contributed by atoms with van der Waals surface area (Å²) in [6.07, 6.45) is 6.54. The van der Waals surface area contributed by atoms with Crippen molar-refractivity contribution < 1.29 is 23.7 Å². The fourth-order valence-corrected chi connectivity index (χ4v) is 2.43. The Labute approximate surface area is 139 Å². The van der Waals surface area contributed by atoms with Crippen LogP contribution in [0.5, 0.6) is 0 Å². The first kappa shape index (κ1) is 17.7. The molecule has 1 heterocycles. The molecule has 1 amide bonds. The normalized spacial score (nSPS) is 15.3. The van der Waals surface area contributed by atoms with Crippen molar-refractivity contribution in [1.29, 1.82) is 0 Å². The van der Waals surface area contributed by atoms with Crippen LogP contribution in [0, 0.1) is 10.1 Å². The Bertz CT molecular complexity index is 649. The summed E-state index contributed by atoms with van der Waals surface area (Å²) in [6.45, 7) is 1.92. The number of allylic oxidation sites excluding steroid dienone is 1. The third kappa shape index (κ3) is 4.94. The number of furan rings is 1. The summed E-state index contributed by atoms with van der Waals surface area (Å²) in [7, 11) is 0. The van der Waals surface area contributed by atoms with E-state index >= 15 is 0 Å². The number of hydrogen-bond donors (Lipinski definition) is 1. The molecule has 2 rings (SSSR count). The predicted octanol–water partition coefficient (Wildman–Crippen LogP) is 2.74. The Morgan fingerprint density at radius 1 is 1.42 bits per heavy atom. The minimum absolute atomic E-state index is 0.311. The van der Waals surface area contributed by atoms with Gasteiger partial charge < -0.3 is 14.5 Å². The molecule has 0 aliphatic heterocycles. The highest BCUT2D eigenvalue weighted by Gasteiger charge is 2.23. The van der Waals surface area contributed by atoms with Crippen molar-refractivity contribution in [3.05, 3.63) is 39.7 Å². The van der Waals surface area contributed by atoms with Crippen LogP contribution in [0.25, 0.3) is 0 Å². The summed E-state index contributed by atoms with van der Waals surface area (Å²) in [5.74, 6) is -2.20. The molecule has 24 heavy (non-hydrogen) atoms. The van der Waals surface area contributed by atoms with Gasteiger partial charge >= 0.3 is 11.9 Å². The Morgan fingerprint density at radius 3 is 2.83 bits per heavy atom. The molecule has 130 valence electrons. The monoisotopic (exact) mass is 336 g/mol. The summed E-state index contributed by atoms with van der Waals surface area (Å²) < 4.78 is 9.69. The Morgan fingerprint density at radius 2 is 2.21 bits per heavy atom. The largest absolute Gasteiger partial charge is 0.447 e.